The second-order valence-electron chi connectivity index (χ2n) is 4.76. The molecule has 78 valence electrons. The summed E-state index contributed by atoms with van der Waals surface area (Å²) in [7, 11) is -1.31. The van der Waals surface area contributed by atoms with Crippen LogP contribution in [-0.4, -0.2) is 13.2 Å². The zero-order valence-corrected chi connectivity index (χ0v) is 10.4. The van der Waals surface area contributed by atoms with Crippen LogP contribution in [0.2, 0.25) is 19.6 Å². The maximum atomic E-state index is 4.43. The molecular weight excluding hydrogens is 200 g/mol. The molecular formula is C12H16N2Si. The van der Waals surface area contributed by atoms with Gasteiger partial charge in [0.15, 0.2) is 0 Å². The molecule has 1 aromatic heterocycles. The Hall–Kier alpha value is -1.35. The van der Waals surface area contributed by atoms with E-state index < -0.39 is 8.24 Å². The number of pyridine rings is 1. The number of nitrogens with one attached hydrogen (secondary N) is 1. The van der Waals surface area contributed by atoms with E-state index in [1.807, 2.05) is 12.3 Å². The highest BCUT2D eigenvalue weighted by molar-refractivity contribution is 6.79. The first kappa shape index (κ1) is 10.2. The van der Waals surface area contributed by atoms with Gasteiger partial charge in [-0.05, 0) is 12.1 Å². The second-order valence-corrected chi connectivity index (χ2v) is 9.51. The van der Waals surface area contributed by atoms with Gasteiger partial charge in [0.1, 0.15) is 8.24 Å². The van der Waals surface area contributed by atoms with Crippen LogP contribution in [0.4, 0.5) is 5.69 Å². The maximum Gasteiger partial charge on any atom is 0.144 e. The molecule has 0 aliphatic heterocycles. The van der Waals surface area contributed by atoms with Crippen molar-refractivity contribution in [3.8, 4) is 0 Å². The van der Waals surface area contributed by atoms with Gasteiger partial charge in [-0.1, -0.05) is 37.8 Å². The molecule has 2 aromatic rings. The Labute approximate surface area is 91.4 Å². The highest BCUT2D eigenvalue weighted by Crippen LogP contribution is 2.22. The number of aromatic nitrogens is 1. The van der Waals surface area contributed by atoms with Gasteiger partial charge in [0.25, 0.3) is 0 Å². The van der Waals surface area contributed by atoms with Crippen LogP contribution in [0.5, 0.6) is 0 Å². The number of rotatable bonds is 2. The zero-order chi connectivity index (χ0) is 10.9. The maximum absolute atomic E-state index is 4.43. The Kier molecular flexibility index (Phi) is 2.48. The molecule has 0 bridgehead atoms. The van der Waals surface area contributed by atoms with Crippen molar-refractivity contribution in [2.75, 3.05) is 4.98 Å². The molecule has 0 saturated heterocycles. The van der Waals surface area contributed by atoms with Crippen LogP contribution in [0, 0.1) is 0 Å². The molecule has 1 aromatic carbocycles. The van der Waals surface area contributed by atoms with Gasteiger partial charge in [-0.15, -0.1) is 0 Å². The van der Waals surface area contributed by atoms with Crippen LogP contribution in [0.15, 0.2) is 36.5 Å². The Morgan fingerprint density at radius 3 is 2.53 bits per heavy atom. The van der Waals surface area contributed by atoms with Crippen molar-refractivity contribution in [2.24, 2.45) is 0 Å². The van der Waals surface area contributed by atoms with Crippen LogP contribution in [-0.2, 0) is 0 Å². The summed E-state index contributed by atoms with van der Waals surface area (Å²) >= 11 is 0. The molecule has 2 nitrogen and oxygen atoms in total. The van der Waals surface area contributed by atoms with E-state index in [-0.39, 0.29) is 0 Å². The number of anilines is 1. The quantitative estimate of drug-likeness (QED) is 0.777. The molecule has 3 heteroatoms. The van der Waals surface area contributed by atoms with Crippen molar-refractivity contribution in [3.63, 3.8) is 0 Å². The van der Waals surface area contributed by atoms with Crippen LogP contribution in [0.1, 0.15) is 0 Å². The van der Waals surface area contributed by atoms with E-state index in [1.54, 1.807) is 0 Å². The van der Waals surface area contributed by atoms with E-state index in [4.69, 9.17) is 0 Å². The van der Waals surface area contributed by atoms with Crippen molar-refractivity contribution in [2.45, 2.75) is 19.6 Å². The summed E-state index contributed by atoms with van der Waals surface area (Å²) in [6.45, 7) is 6.86. The highest BCUT2D eigenvalue weighted by atomic mass is 28.3. The Bertz CT molecular complexity index is 469. The van der Waals surface area contributed by atoms with Crippen molar-refractivity contribution in [1.29, 1.82) is 0 Å². The number of hydrogen-bond donors (Lipinski definition) is 1. The van der Waals surface area contributed by atoms with Gasteiger partial charge in [-0.2, -0.15) is 0 Å². The highest BCUT2D eigenvalue weighted by Gasteiger charge is 2.14. The smallest absolute Gasteiger partial charge is 0.144 e. The summed E-state index contributed by atoms with van der Waals surface area (Å²) in [6.07, 6.45) is 1.84. The van der Waals surface area contributed by atoms with E-state index >= 15 is 0 Å². The molecule has 0 aliphatic carbocycles. The molecule has 0 saturated carbocycles. The van der Waals surface area contributed by atoms with E-state index in [0.29, 0.717) is 0 Å². The molecule has 0 amide bonds. The molecule has 15 heavy (non-hydrogen) atoms. The third-order valence-electron chi connectivity index (χ3n) is 2.14. The van der Waals surface area contributed by atoms with E-state index in [0.717, 1.165) is 11.2 Å². The monoisotopic (exact) mass is 216 g/mol. The van der Waals surface area contributed by atoms with Gasteiger partial charge in [-0.3, -0.25) is 4.98 Å². The molecule has 0 spiro atoms. The van der Waals surface area contributed by atoms with Crippen LogP contribution in [0.25, 0.3) is 10.9 Å². The fraction of sp³-hybridized carbons (Fsp3) is 0.250. The fourth-order valence-corrected chi connectivity index (χ4v) is 2.62. The van der Waals surface area contributed by atoms with Crippen molar-refractivity contribution in [3.05, 3.63) is 36.5 Å². The minimum atomic E-state index is -1.31. The lowest BCUT2D eigenvalue weighted by Crippen LogP contribution is -2.32. The topological polar surface area (TPSA) is 24.9 Å². The average Bonchev–Trinajstić information content (AvgIpc) is 2.16. The van der Waals surface area contributed by atoms with Crippen LogP contribution in [0.3, 0.4) is 0 Å². The van der Waals surface area contributed by atoms with Gasteiger partial charge in [-0.25, -0.2) is 0 Å². The van der Waals surface area contributed by atoms with Crippen molar-refractivity contribution >= 4 is 24.8 Å². The normalized spacial score (nSPS) is 11.7. The minimum absolute atomic E-state index is 1.07. The van der Waals surface area contributed by atoms with E-state index in [1.165, 1.54) is 5.39 Å². The molecule has 1 heterocycles. The predicted molar refractivity (Wildman–Crippen MR) is 68.7 cm³/mol. The number of nitrogens with zero attached hydrogens (tertiary/aromatic N) is 1. The van der Waals surface area contributed by atoms with Crippen molar-refractivity contribution < 1.29 is 0 Å². The van der Waals surface area contributed by atoms with E-state index in [9.17, 15) is 0 Å². The number of hydrogen-bond acceptors (Lipinski definition) is 2. The third kappa shape index (κ3) is 2.36. The molecule has 0 aliphatic rings. The largest absolute Gasteiger partial charge is 0.409 e. The first-order valence-corrected chi connectivity index (χ1v) is 8.68. The summed E-state index contributed by atoms with van der Waals surface area (Å²) in [6, 6.07) is 10.3. The Morgan fingerprint density at radius 1 is 1.07 bits per heavy atom. The van der Waals surface area contributed by atoms with Crippen LogP contribution >= 0.6 is 0 Å². The van der Waals surface area contributed by atoms with E-state index in [2.05, 4.69) is 53.9 Å². The van der Waals surface area contributed by atoms with Gasteiger partial charge in [0, 0.05) is 11.6 Å². The summed E-state index contributed by atoms with van der Waals surface area (Å²) in [4.78, 5) is 8.03. The average molecular weight is 216 g/mol. The summed E-state index contributed by atoms with van der Waals surface area (Å²) in [5, 5.41) is 1.20. The lowest BCUT2D eigenvalue weighted by atomic mass is 10.2. The standard InChI is InChI=1S/C12H16N2Si/c1-15(2,3)14-11-8-4-6-10-7-5-9-13-12(10)11/h4-9,14H,1-3H3. The lowest BCUT2D eigenvalue weighted by Gasteiger charge is -2.20. The van der Waals surface area contributed by atoms with Crippen molar-refractivity contribution in [1.82, 2.24) is 4.98 Å². The summed E-state index contributed by atoms with van der Waals surface area (Å²) < 4.78 is 0. The van der Waals surface area contributed by atoms with Gasteiger partial charge in [0.2, 0.25) is 0 Å². The summed E-state index contributed by atoms with van der Waals surface area (Å²) in [5.74, 6) is 0. The molecule has 1 N–H and O–H groups in total. The second kappa shape index (κ2) is 3.66. The third-order valence-corrected chi connectivity index (χ3v) is 3.16. The lowest BCUT2D eigenvalue weighted by molar-refractivity contribution is 1.41. The number of para-hydroxylation sites is 1. The fourth-order valence-electron chi connectivity index (χ4n) is 1.61. The Morgan fingerprint density at radius 2 is 1.80 bits per heavy atom. The molecule has 0 radical (unpaired) electrons. The number of benzene rings is 1. The predicted octanol–water partition coefficient (Wildman–Crippen LogP) is 3.48. The molecule has 0 atom stereocenters. The first-order chi connectivity index (χ1) is 7.06. The minimum Gasteiger partial charge on any atom is -0.409 e. The SMILES string of the molecule is C[Si](C)(C)Nc1cccc2cccnc12. The van der Waals surface area contributed by atoms with Crippen LogP contribution < -0.4 is 4.98 Å². The zero-order valence-electron chi connectivity index (χ0n) is 9.41. The first-order valence-electron chi connectivity index (χ1n) is 5.18. The Balaban J connectivity index is 2.52. The molecule has 0 unspecified atom stereocenters. The molecule has 0 fully saturated rings. The summed E-state index contributed by atoms with van der Waals surface area (Å²) in [5.41, 5.74) is 2.23. The van der Waals surface area contributed by atoms with Gasteiger partial charge in [0.05, 0.1) is 11.2 Å². The van der Waals surface area contributed by atoms with Gasteiger partial charge >= 0.3 is 0 Å². The van der Waals surface area contributed by atoms with Gasteiger partial charge < -0.3 is 4.98 Å². The number of fused-ring (bicyclic) bond motifs is 1. The molecule has 2 rings (SSSR count).